The van der Waals surface area contributed by atoms with Crippen molar-refractivity contribution in [2.45, 2.75) is 0 Å². The number of rotatable bonds is 7. The van der Waals surface area contributed by atoms with E-state index < -0.39 is 0 Å². The lowest BCUT2D eigenvalue weighted by Crippen LogP contribution is -2.33. The van der Waals surface area contributed by atoms with Crippen molar-refractivity contribution in [3.05, 3.63) is 47.5 Å². The van der Waals surface area contributed by atoms with Gasteiger partial charge in [-0.3, -0.25) is 4.99 Å². The van der Waals surface area contributed by atoms with E-state index in [0.717, 1.165) is 11.4 Å². The SMILES string of the molecule is CN=C(NCCOc1ccc(Cl)cc1)Nc1ccc(OC)c(OC)c1. The smallest absolute Gasteiger partial charge is 0.195 e. The van der Waals surface area contributed by atoms with Crippen molar-refractivity contribution in [1.82, 2.24) is 5.32 Å². The molecule has 0 aliphatic heterocycles. The first-order valence-electron chi connectivity index (χ1n) is 7.74. The van der Waals surface area contributed by atoms with Crippen LogP contribution < -0.4 is 24.8 Å². The van der Waals surface area contributed by atoms with Gasteiger partial charge in [-0.1, -0.05) is 11.6 Å². The molecular weight excluding hydrogens is 342 g/mol. The van der Waals surface area contributed by atoms with Gasteiger partial charge in [-0.25, -0.2) is 0 Å². The van der Waals surface area contributed by atoms with Gasteiger partial charge in [-0.15, -0.1) is 0 Å². The molecular formula is C18H22ClN3O3. The Labute approximate surface area is 152 Å². The second-order valence-electron chi connectivity index (χ2n) is 5.00. The second kappa shape index (κ2) is 9.64. The predicted octanol–water partition coefficient (Wildman–Crippen LogP) is 3.42. The Morgan fingerprint density at radius 3 is 2.40 bits per heavy atom. The molecule has 2 aromatic rings. The van der Waals surface area contributed by atoms with Crippen LogP contribution in [0.3, 0.4) is 0 Å². The molecule has 0 aliphatic carbocycles. The lowest BCUT2D eigenvalue weighted by Gasteiger charge is -2.14. The van der Waals surface area contributed by atoms with Crippen LogP contribution in [-0.2, 0) is 0 Å². The number of benzene rings is 2. The zero-order valence-corrected chi connectivity index (χ0v) is 15.3. The summed E-state index contributed by atoms with van der Waals surface area (Å²) in [6, 6.07) is 12.8. The zero-order chi connectivity index (χ0) is 18.1. The quantitative estimate of drug-likeness (QED) is 0.448. The molecule has 0 fully saturated rings. The Morgan fingerprint density at radius 2 is 1.76 bits per heavy atom. The Kier molecular flexibility index (Phi) is 7.22. The van der Waals surface area contributed by atoms with Crippen LogP contribution in [-0.4, -0.2) is 40.4 Å². The van der Waals surface area contributed by atoms with E-state index in [1.807, 2.05) is 30.3 Å². The topological polar surface area (TPSA) is 64.1 Å². The fourth-order valence-electron chi connectivity index (χ4n) is 2.10. The summed E-state index contributed by atoms with van der Waals surface area (Å²) in [4.78, 5) is 4.19. The molecule has 7 heteroatoms. The molecule has 2 aromatic carbocycles. The number of aliphatic imine (C=N–C) groups is 1. The average molecular weight is 364 g/mol. The van der Waals surface area contributed by atoms with E-state index in [0.29, 0.717) is 35.6 Å². The third-order valence-corrected chi connectivity index (χ3v) is 3.60. The Bertz CT molecular complexity index is 705. The number of guanidine groups is 1. The molecule has 2 N–H and O–H groups in total. The van der Waals surface area contributed by atoms with Gasteiger partial charge in [-0.2, -0.15) is 0 Å². The second-order valence-corrected chi connectivity index (χ2v) is 5.43. The van der Waals surface area contributed by atoms with Crippen LogP contribution in [0.4, 0.5) is 5.69 Å². The van der Waals surface area contributed by atoms with Gasteiger partial charge in [0.05, 0.1) is 20.8 Å². The van der Waals surface area contributed by atoms with E-state index in [1.54, 1.807) is 33.4 Å². The van der Waals surface area contributed by atoms with Crippen molar-refractivity contribution in [3.63, 3.8) is 0 Å². The molecule has 25 heavy (non-hydrogen) atoms. The van der Waals surface area contributed by atoms with Crippen molar-refractivity contribution in [3.8, 4) is 17.2 Å². The average Bonchev–Trinajstić information content (AvgIpc) is 2.65. The van der Waals surface area contributed by atoms with Gasteiger partial charge in [-0.05, 0) is 36.4 Å². The third-order valence-electron chi connectivity index (χ3n) is 3.35. The number of halogens is 1. The van der Waals surface area contributed by atoms with Crippen LogP contribution in [0.15, 0.2) is 47.5 Å². The van der Waals surface area contributed by atoms with E-state index >= 15 is 0 Å². The molecule has 0 spiro atoms. The fourth-order valence-corrected chi connectivity index (χ4v) is 2.22. The summed E-state index contributed by atoms with van der Waals surface area (Å²) in [7, 11) is 4.91. The molecule has 0 atom stereocenters. The maximum absolute atomic E-state index is 5.84. The number of hydrogen-bond donors (Lipinski definition) is 2. The molecule has 134 valence electrons. The maximum Gasteiger partial charge on any atom is 0.195 e. The van der Waals surface area contributed by atoms with E-state index in [-0.39, 0.29) is 0 Å². The standard InChI is InChI=1S/C18H22ClN3O3/c1-20-18(21-10-11-25-15-7-4-13(19)5-8-15)22-14-6-9-16(23-2)17(12-14)24-3/h4-9,12H,10-11H2,1-3H3,(H2,20,21,22). The zero-order valence-electron chi connectivity index (χ0n) is 14.5. The van der Waals surface area contributed by atoms with Crippen molar-refractivity contribution in [2.75, 3.05) is 39.7 Å². The van der Waals surface area contributed by atoms with Gasteiger partial charge in [0, 0.05) is 23.8 Å². The first-order chi connectivity index (χ1) is 12.2. The molecule has 0 aromatic heterocycles. The van der Waals surface area contributed by atoms with Crippen LogP contribution in [0.2, 0.25) is 5.02 Å². The molecule has 0 unspecified atom stereocenters. The van der Waals surface area contributed by atoms with Crippen molar-refractivity contribution >= 4 is 23.2 Å². The summed E-state index contributed by atoms with van der Waals surface area (Å²) in [5.74, 6) is 2.72. The maximum atomic E-state index is 5.84. The highest BCUT2D eigenvalue weighted by molar-refractivity contribution is 6.30. The molecule has 0 aliphatic rings. The highest BCUT2D eigenvalue weighted by Gasteiger charge is 2.06. The fraction of sp³-hybridized carbons (Fsp3) is 0.278. The van der Waals surface area contributed by atoms with Crippen LogP contribution in [0.1, 0.15) is 0 Å². The van der Waals surface area contributed by atoms with Crippen LogP contribution >= 0.6 is 11.6 Å². The van der Waals surface area contributed by atoms with E-state index in [2.05, 4.69) is 15.6 Å². The van der Waals surface area contributed by atoms with Crippen LogP contribution in [0.25, 0.3) is 0 Å². The normalized spacial score (nSPS) is 11.0. The lowest BCUT2D eigenvalue weighted by molar-refractivity contribution is 0.322. The molecule has 0 heterocycles. The number of methoxy groups -OCH3 is 2. The van der Waals surface area contributed by atoms with Gasteiger partial charge in [0.25, 0.3) is 0 Å². The van der Waals surface area contributed by atoms with Gasteiger partial charge in [0.1, 0.15) is 12.4 Å². The highest BCUT2D eigenvalue weighted by Crippen LogP contribution is 2.29. The number of nitrogens with zero attached hydrogens (tertiary/aromatic N) is 1. The van der Waals surface area contributed by atoms with Crippen LogP contribution in [0, 0.1) is 0 Å². The summed E-state index contributed by atoms with van der Waals surface area (Å²) in [6.45, 7) is 1.09. The van der Waals surface area contributed by atoms with Gasteiger partial charge >= 0.3 is 0 Å². The Balaban J connectivity index is 1.83. The van der Waals surface area contributed by atoms with Crippen molar-refractivity contribution in [1.29, 1.82) is 0 Å². The van der Waals surface area contributed by atoms with Crippen molar-refractivity contribution in [2.24, 2.45) is 4.99 Å². The molecule has 0 radical (unpaired) electrons. The number of ether oxygens (including phenoxy) is 3. The first-order valence-corrected chi connectivity index (χ1v) is 8.12. The summed E-state index contributed by atoms with van der Waals surface area (Å²) >= 11 is 5.84. The third kappa shape index (κ3) is 5.76. The number of nitrogens with one attached hydrogen (secondary N) is 2. The predicted molar refractivity (Wildman–Crippen MR) is 101 cm³/mol. The largest absolute Gasteiger partial charge is 0.493 e. The number of hydrogen-bond acceptors (Lipinski definition) is 4. The molecule has 0 saturated heterocycles. The first kappa shape index (κ1) is 18.7. The molecule has 0 bridgehead atoms. The Morgan fingerprint density at radius 1 is 1.04 bits per heavy atom. The summed E-state index contributed by atoms with van der Waals surface area (Å²) in [6.07, 6.45) is 0. The summed E-state index contributed by atoms with van der Waals surface area (Å²) in [5, 5.41) is 7.06. The molecule has 0 amide bonds. The minimum absolute atomic E-state index is 0.494. The van der Waals surface area contributed by atoms with E-state index in [9.17, 15) is 0 Å². The van der Waals surface area contributed by atoms with E-state index in [1.165, 1.54) is 0 Å². The molecule has 2 rings (SSSR count). The monoisotopic (exact) mass is 363 g/mol. The van der Waals surface area contributed by atoms with E-state index in [4.69, 9.17) is 25.8 Å². The minimum atomic E-state index is 0.494. The van der Waals surface area contributed by atoms with Crippen LogP contribution in [0.5, 0.6) is 17.2 Å². The van der Waals surface area contributed by atoms with Gasteiger partial charge < -0.3 is 24.8 Å². The minimum Gasteiger partial charge on any atom is -0.493 e. The highest BCUT2D eigenvalue weighted by atomic mass is 35.5. The van der Waals surface area contributed by atoms with Gasteiger partial charge in [0.15, 0.2) is 17.5 Å². The summed E-state index contributed by atoms with van der Waals surface area (Å²) in [5.41, 5.74) is 0.837. The lowest BCUT2D eigenvalue weighted by atomic mass is 10.3. The van der Waals surface area contributed by atoms with Gasteiger partial charge in [0.2, 0.25) is 0 Å². The molecule has 0 saturated carbocycles. The number of anilines is 1. The molecule has 6 nitrogen and oxygen atoms in total. The Hall–Kier alpha value is -2.60. The van der Waals surface area contributed by atoms with Crippen molar-refractivity contribution < 1.29 is 14.2 Å². The summed E-state index contributed by atoms with van der Waals surface area (Å²) < 4.78 is 16.2.